The van der Waals surface area contributed by atoms with Crippen LogP contribution in [0.4, 0.5) is 0 Å². The Bertz CT molecular complexity index is 652. The topological polar surface area (TPSA) is 69.4 Å². The van der Waals surface area contributed by atoms with Gasteiger partial charge in [0.15, 0.2) is 0 Å². The maximum atomic E-state index is 4.28. The van der Waals surface area contributed by atoms with E-state index in [1.807, 2.05) is 25.4 Å². The fraction of sp³-hybridized carbons (Fsp3) is 0.231. The molecule has 3 aromatic rings. The van der Waals surface area contributed by atoms with E-state index in [0.29, 0.717) is 0 Å². The van der Waals surface area contributed by atoms with Crippen LogP contribution in [0.15, 0.2) is 30.7 Å². The van der Waals surface area contributed by atoms with Gasteiger partial charge in [-0.3, -0.25) is 5.10 Å². The molecule has 0 radical (unpaired) electrons. The number of rotatable bonds is 4. The first kappa shape index (κ1) is 11.0. The molecular formula is C13H15N5. The third kappa shape index (κ3) is 2.00. The number of hydrogen-bond acceptors (Lipinski definition) is 3. The second kappa shape index (κ2) is 4.62. The average molecular weight is 241 g/mol. The molecule has 3 rings (SSSR count). The lowest BCUT2D eigenvalue weighted by atomic mass is 10.2. The Balaban J connectivity index is 1.68. The first-order valence-corrected chi connectivity index (χ1v) is 5.95. The van der Waals surface area contributed by atoms with Crippen LogP contribution < -0.4 is 5.32 Å². The number of aromatic amines is 2. The first-order chi connectivity index (χ1) is 8.84. The number of nitrogens with one attached hydrogen (secondary N) is 3. The Labute approximate surface area is 105 Å². The highest BCUT2D eigenvalue weighted by atomic mass is 15.1. The van der Waals surface area contributed by atoms with Crippen LogP contribution in [-0.2, 0) is 13.1 Å². The Morgan fingerprint density at radius 3 is 3.00 bits per heavy atom. The third-order valence-corrected chi connectivity index (χ3v) is 3.10. The van der Waals surface area contributed by atoms with Crippen LogP contribution in [0.25, 0.3) is 11.0 Å². The number of H-pyrrole nitrogens is 2. The van der Waals surface area contributed by atoms with Gasteiger partial charge in [0.25, 0.3) is 0 Å². The number of fused-ring (bicyclic) bond motifs is 1. The van der Waals surface area contributed by atoms with Gasteiger partial charge in [-0.25, -0.2) is 4.98 Å². The van der Waals surface area contributed by atoms with Crippen LogP contribution >= 0.6 is 0 Å². The van der Waals surface area contributed by atoms with Crippen molar-refractivity contribution in [3.8, 4) is 0 Å². The van der Waals surface area contributed by atoms with E-state index in [2.05, 4.69) is 31.5 Å². The summed E-state index contributed by atoms with van der Waals surface area (Å²) in [6.07, 6.45) is 5.66. The van der Waals surface area contributed by atoms with E-state index in [-0.39, 0.29) is 0 Å². The zero-order valence-corrected chi connectivity index (χ0v) is 10.2. The van der Waals surface area contributed by atoms with Crippen molar-refractivity contribution in [1.29, 1.82) is 0 Å². The zero-order chi connectivity index (χ0) is 12.4. The maximum absolute atomic E-state index is 4.28. The minimum Gasteiger partial charge on any atom is -0.346 e. The Hall–Kier alpha value is -2.14. The summed E-state index contributed by atoms with van der Waals surface area (Å²) in [5.74, 6) is 0. The van der Waals surface area contributed by atoms with Crippen molar-refractivity contribution in [2.75, 3.05) is 0 Å². The average Bonchev–Trinajstić information content (AvgIpc) is 2.97. The van der Waals surface area contributed by atoms with Crippen LogP contribution in [-0.4, -0.2) is 20.2 Å². The molecule has 0 spiro atoms. The molecule has 0 unspecified atom stereocenters. The predicted molar refractivity (Wildman–Crippen MR) is 70.0 cm³/mol. The fourth-order valence-electron chi connectivity index (χ4n) is 2.04. The standard InChI is InChI=1S/C13H15N5/c1-9-10(8-17-18-9)5-14-6-11-7-16-13-12(11)3-2-4-15-13/h2-4,7-8,14H,5-6H2,1H3,(H,15,16)(H,17,18). The molecule has 0 aliphatic rings. The van der Waals surface area contributed by atoms with Gasteiger partial charge >= 0.3 is 0 Å². The highest BCUT2D eigenvalue weighted by Gasteiger charge is 2.04. The summed E-state index contributed by atoms with van der Waals surface area (Å²) < 4.78 is 0. The van der Waals surface area contributed by atoms with Crippen LogP contribution in [0.3, 0.4) is 0 Å². The number of pyridine rings is 1. The van der Waals surface area contributed by atoms with E-state index in [9.17, 15) is 0 Å². The molecule has 5 nitrogen and oxygen atoms in total. The lowest BCUT2D eigenvalue weighted by molar-refractivity contribution is 0.694. The lowest BCUT2D eigenvalue weighted by Crippen LogP contribution is -2.12. The molecule has 0 fully saturated rings. The molecule has 0 aromatic carbocycles. The van der Waals surface area contributed by atoms with Crippen LogP contribution in [0.5, 0.6) is 0 Å². The van der Waals surface area contributed by atoms with Gasteiger partial charge in [0.2, 0.25) is 0 Å². The summed E-state index contributed by atoms with van der Waals surface area (Å²) in [6, 6.07) is 4.04. The second-order valence-corrected chi connectivity index (χ2v) is 4.34. The molecule has 0 aliphatic carbocycles. The maximum Gasteiger partial charge on any atom is 0.137 e. The van der Waals surface area contributed by atoms with Gasteiger partial charge in [0.1, 0.15) is 5.65 Å². The highest BCUT2D eigenvalue weighted by Crippen LogP contribution is 2.15. The largest absolute Gasteiger partial charge is 0.346 e. The molecule has 0 amide bonds. The van der Waals surface area contributed by atoms with E-state index in [1.54, 1.807) is 6.20 Å². The molecule has 3 aromatic heterocycles. The van der Waals surface area contributed by atoms with Crippen LogP contribution in [0.2, 0.25) is 0 Å². The van der Waals surface area contributed by atoms with Crippen LogP contribution in [0, 0.1) is 6.92 Å². The van der Waals surface area contributed by atoms with Crippen molar-refractivity contribution in [2.24, 2.45) is 0 Å². The highest BCUT2D eigenvalue weighted by molar-refractivity contribution is 5.79. The molecule has 0 aliphatic heterocycles. The van der Waals surface area contributed by atoms with Gasteiger partial charge in [-0.05, 0) is 24.6 Å². The summed E-state index contributed by atoms with van der Waals surface area (Å²) >= 11 is 0. The summed E-state index contributed by atoms with van der Waals surface area (Å²) in [5.41, 5.74) is 4.49. The Morgan fingerprint density at radius 2 is 2.17 bits per heavy atom. The van der Waals surface area contributed by atoms with Crippen LogP contribution in [0.1, 0.15) is 16.8 Å². The van der Waals surface area contributed by atoms with Gasteiger partial charge in [0, 0.05) is 42.1 Å². The van der Waals surface area contributed by atoms with Crippen molar-refractivity contribution in [1.82, 2.24) is 25.5 Å². The third-order valence-electron chi connectivity index (χ3n) is 3.10. The van der Waals surface area contributed by atoms with Crippen molar-refractivity contribution in [3.05, 3.63) is 47.5 Å². The van der Waals surface area contributed by atoms with Gasteiger partial charge in [0.05, 0.1) is 6.20 Å². The van der Waals surface area contributed by atoms with E-state index < -0.39 is 0 Å². The molecular weight excluding hydrogens is 226 g/mol. The molecule has 0 atom stereocenters. The zero-order valence-electron chi connectivity index (χ0n) is 10.2. The number of nitrogens with zero attached hydrogens (tertiary/aromatic N) is 2. The Kier molecular flexibility index (Phi) is 2.82. The second-order valence-electron chi connectivity index (χ2n) is 4.34. The molecule has 0 saturated heterocycles. The number of aryl methyl sites for hydroxylation is 1. The normalized spacial score (nSPS) is 11.2. The van der Waals surface area contributed by atoms with Gasteiger partial charge in [-0.2, -0.15) is 5.10 Å². The summed E-state index contributed by atoms with van der Waals surface area (Å²) in [4.78, 5) is 7.45. The number of hydrogen-bond donors (Lipinski definition) is 3. The van der Waals surface area contributed by atoms with E-state index in [1.165, 1.54) is 16.5 Å². The van der Waals surface area contributed by atoms with E-state index in [0.717, 1.165) is 24.4 Å². The minimum atomic E-state index is 0.815. The van der Waals surface area contributed by atoms with E-state index >= 15 is 0 Å². The lowest BCUT2D eigenvalue weighted by Gasteiger charge is -2.02. The monoisotopic (exact) mass is 241 g/mol. The molecule has 0 bridgehead atoms. The fourth-order valence-corrected chi connectivity index (χ4v) is 2.04. The van der Waals surface area contributed by atoms with Crippen molar-refractivity contribution >= 4 is 11.0 Å². The molecule has 18 heavy (non-hydrogen) atoms. The van der Waals surface area contributed by atoms with Gasteiger partial charge < -0.3 is 10.3 Å². The summed E-state index contributed by atoms with van der Waals surface area (Å²) in [7, 11) is 0. The minimum absolute atomic E-state index is 0.815. The van der Waals surface area contributed by atoms with Crippen molar-refractivity contribution < 1.29 is 0 Å². The first-order valence-electron chi connectivity index (χ1n) is 5.95. The predicted octanol–water partition coefficient (Wildman–Crippen LogP) is 1.88. The molecule has 5 heteroatoms. The van der Waals surface area contributed by atoms with Gasteiger partial charge in [-0.1, -0.05) is 0 Å². The van der Waals surface area contributed by atoms with E-state index in [4.69, 9.17) is 0 Å². The molecule has 0 saturated carbocycles. The quantitative estimate of drug-likeness (QED) is 0.653. The van der Waals surface area contributed by atoms with Gasteiger partial charge in [-0.15, -0.1) is 0 Å². The SMILES string of the molecule is Cc1[nH]ncc1CNCc1c[nH]c2ncccc12. The number of aromatic nitrogens is 4. The van der Waals surface area contributed by atoms with Crippen molar-refractivity contribution in [3.63, 3.8) is 0 Å². The molecule has 3 N–H and O–H groups in total. The summed E-state index contributed by atoms with van der Waals surface area (Å²) in [5, 5.41) is 11.5. The molecule has 3 heterocycles. The molecule has 92 valence electrons. The summed E-state index contributed by atoms with van der Waals surface area (Å²) in [6.45, 7) is 3.66. The van der Waals surface area contributed by atoms with Crippen molar-refractivity contribution in [2.45, 2.75) is 20.0 Å². The smallest absolute Gasteiger partial charge is 0.137 e. The Morgan fingerprint density at radius 1 is 1.28 bits per heavy atom.